The van der Waals surface area contributed by atoms with E-state index in [1.165, 1.54) is 13.0 Å². The summed E-state index contributed by atoms with van der Waals surface area (Å²) in [7, 11) is -3.51. The molecule has 1 aliphatic rings. The summed E-state index contributed by atoms with van der Waals surface area (Å²) in [6.45, 7) is 1.67. The number of hydrogen-bond acceptors (Lipinski definition) is 6. The highest BCUT2D eigenvalue weighted by atomic mass is 32.2. The van der Waals surface area contributed by atoms with Crippen molar-refractivity contribution in [3.63, 3.8) is 0 Å². The highest BCUT2D eigenvalue weighted by Gasteiger charge is 2.38. The molecule has 0 radical (unpaired) electrons. The number of nitrogens with one attached hydrogen (secondary N) is 1. The van der Waals surface area contributed by atoms with Gasteiger partial charge in [-0.25, -0.2) is 8.42 Å². The quantitative estimate of drug-likeness (QED) is 0.773. The summed E-state index contributed by atoms with van der Waals surface area (Å²) >= 11 is 0. The standard InChI is InChI=1S/C16H19N3O5S/c1-11(15(20)18-13-6-3-5-12(9-13)10-17)24-16(21)14-7-4-8-19(14)25(2,22)23/h3,5-6,9,11,14H,4,7-8H2,1-2H3,(H,18,20)/t11-,14+/m1/s1. The zero-order valence-electron chi connectivity index (χ0n) is 13.9. The summed E-state index contributed by atoms with van der Waals surface area (Å²) in [5, 5.41) is 11.4. The minimum Gasteiger partial charge on any atom is -0.451 e. The van der Waals surface area contributed by atoms with Gasteiger partial charge in [-0.1, -0.05) is 6.07 Å². The molecule has 1 aromatic carbocycles. The molecule has 1 aliphatic heterocycles. The van der Waals surface area contributed by atoms with E-state index in [2.05, 4.69) is 5.32 Å². The lowest BCUT2D eigenvalue weighted by atomic mass is 10.2. The van der Waals surface area contributed by atoms with Crippen LogP contribution in [0.5, 0.6) is 0 Å². The zero-order valence-corrected chi connectivity index (χ0v) is 14.7. The average molecular weight is 365 g/mol. The van der Waals surface area contributed by atoms with Crippen molar-refractivity contribution in [2.24, 2.45) is 0 Å². The number of ether oxygens (including phenoxy) is 1. The molecule has 134 valence electrons. The Balaban J connectivity index is 1.98. The van der Waals surface area contributed by atoms with Crippen LogP contribution in [0, 0.1) is 11.3 Å². The van der Waals surface area contributed by atoms with Crippen LogP contribution < -0.4 is 5.32 Å². The predicted octanol–water partition coefficient (Wildman–Crippen LogP) is 0.852. The Morgan fingerprint density at radius 1 is 1.44 bits per heavy atom. The molecule has 0 aromatic heterocycles. The topological polar surface area (TPSA) is 117 Å². The van der Waals surface area contributed by atoms with Crippen LogP contribution in [-0.4, -0.2) is 49.5 Å². The van der Waals surface area contributed by atoms with Crippen LogP contribution in [0.1, 0.15) is 25.3 Å². The van der Waals surface area contributed by atoms with Crippen LogP contribution in [0.4, 0.5) is 5.69 Å². The molecule has 1 saturated heterocycles. The number of hydrogen-bond donors (Lipinski definition) is 1. The molecule has 2 atom stereocenters. The number of anilines is 1. The second-order valence-corrected chi connectivity index (χ2v) is 7.73. The molecule has 1 N–H and O–H groups in total. The number of esters is 1. The Hall–Kier alpha value is -2.44. The number of carbonyl (C=O) groups is 2. The second-order valence-electron chi connectivity index (χ2n) is 5.79. The van der Waals surface area contributed by atoms with E-state index in [0.717, 1.165) is 10.6 Å². The van der Waals surface area contributed by atoms with Gasteiger partial charge < -0.3 is 10.1 Å². The van der Waals surface area contributed by atoms with E-state index < -0.39 is 34.0 Å². The average Bonchev–Trinajstić information content (AvgIpc) is 3.05. The maximum Gasteiger partial charge on any atom is 0.325 e. The summed E-state index contributed by atoms with van der Waals surface area (Å²) in [6.07, 6.45) is 0.871. The van der Waals surface area contributed by atoms with Crippen LogP contribution >= 0.6 is 0 Å². The van der Waals surface area contributed by atoms with Gasteiger partial charge in [0.1, 0.15) is 6.04 Å². The minimum atomic E-state index is -3.51. The summed E-state index contributed by atoms with van der Waals surface area (Å²) in [5.74, 6) is -1.30. The number of rotatable bonds is 5. The van der Waals surface area contributed by atoms with Crippen LogP contribution in [0.2, 0.25) is 0 Å². The first kappa shape index (κ1) is 18.9. The van der Waals surface area contributed by atoms with Crippen molar-refractivity contribution < 1.29 is 22.7 Å². The lowest BCUT2D eigenvalue weighted by Gasteiger charge is -2.22. The van der Waals surface area contributed by atoms with Crippen molar-refractivity contribution >= 4 is 27.6 Å². The van der Waals surface area contributed by atoms with Gasteiger partial charge in [-0.15, -0.1) is 0 Å². The zero-order chi connectivity index (χ0) is 18.6. The third-order valence-electron chi connectivity index (χ3n) is 3.82. The number of benzene rings is 1. The third kappa shape index (κ3) is 4.78. The number of nitrogens with zero attached hydrogens (tertiary/aromatic N) is 2. The van der Waals surface area contributed by atoms with Gasteiger partial charge in [0.05, 0.1) is 17.9 Å². The Bertz CT molecular complexity index is 815. The van der Waals surface area contributed by atoms with Crippen molar-refractivity contribution in [2.45, 2.75) is 31.9 Å². The number of amides is 1. The van der Waals surface area contributed by atoms with Crippen LogP contribution in [0.15, 0.2) is 24.3 Å². The van der Waals surface area contributed by atoms with Crippen molar-refractivity contribution in [3.8, 4) is 6.07 Å². The Kier molecular flexibility index (Phi) is 5.77. The van der Waals surface area contributed by atoms with Gasteiger partial charge in [-0.2, -0.15) is 9.57 Å². The second kappa shape index (κ2) is 7.63. The molecule has 9 heteroatoms. The SMILES string of the molecule is C[C@@H](OC(=O)[C@@H]1CCCN1S(C)(=O)=O)C(=O)Nc1cccc(C#N)c1. The molecule has 0 aliphatic carbocycles. The first-order chi connectivity index (χ1) is 11.7. The number of sulfonamides is 1. The van der Waals surface area contributed by atoms with E-state index in [4.69, 9.17) is 10.00 Å². The first-order valence-corrected chi connectivity index (χ1v) is 9.55. The van der Waals surface area contributed by atoms with Gasteiger partial charge in [0.2, 0.25) is 10.0 Å². The lowest BCUT2D eigenvalue weighted by molar-refractivity contribution is -0.156. The molecule has 0 saturated carbocycles. The van der Waals surface area contributed by atoms with Gasteiger partial charge >= 0.3 is 5.97 Å². The third-order valence-corrected chi connectivity index (χ3v) is 5.11. The Labute approximate surface area is 146 Å². The fraction of sp³-hybridized carbons (Fsp3) is 0.438. The maximum atomic E-state index is 12.2. The van der Waals surface area contributed by atoms with E-state index in [-0.39, 0.29) is 6.54 Å². The highest BCUT2D eigenvalue weighted by Crippen LogP contribution is 2.22. The highest BCUT2D eigenvalue weighted by molar-refractivity contribution is 7.88. The summed E-state index contributed by atoms with van der Waals surface area (Å²) in [5.41, 5.74) is 0.794. The smallest absolute Gasteiger partial charge is 0.325 e. The molecule has 0 bridgehead atoms. The van der Waals surface area contributed by atoms with Crippen LogP contribution in [-0.2, 0) is 24.3 Å². The molecule has 1 fully saturated rings. The summed E-state index contributed by atoms with van der Waals surface area (Å²) in [6, 6.07) is 7.38. The van der Waals surface area contributed by atoms with Gasteiger partial charge in [-0.3, -0.25) is 9.59 Å². The molecular weight excluding hydrogens is 346 g/mol. The van der Waals surface area contributed by atoms with Crippen molar-refractivity contribution in [1.82, 2.24) is 4.31 Å². The fourth-order valence-electron chi connectivity index (χ4n) is 2.59. The van der Waals surface area contributed by atoms with E-state index in [9.17, 15) is 18.0 Å². The van der Waals surface area contributed by atoms with Crippen LogP contribution in [0.3, 0.4) is 0 Å². The molecule has 1 aromatic rings. The van der Waals surface area contributed by atoms with E-state index in [1.807, 2.05) is 6.07 Å². The molecule has 2 rings (SSSR count). The minimum absolute atomic E-state index is 0.264. The number of nitriles is 1. The summed E-state index contributed by atoms with van der Waals surface area (Å²) < 4.78 is 29.6. The maximum absolute atomic E-state index is 12.2. The molecule has 25 heavy (non-hydrogen) atoms. The fourth-order valence-corrected chi connectivity index (χ4v) is 3.70. The van der Waals surface area contributed by atoms with Gasteiger partial charge in [0.25, 0.3) is 5.91 Å². The molecule has 0 unspecified atom stereocenters. The predicted molar refractivity (Wildman–Crippen MR) is 89.9 cm³/mol. The summed E-state index contributed by atoms with van der Waals surface area (Å²) in [4.78, 5) is 24.4. The van der Waals surface area contributed by atoms with E-state index >= 15 is 0 Å². The molecule has 1 amide bonds. The van der Waals surface area contributed by atoms with E-state index in [0.29, 0.717) is 24.1 Å². The van der Waals surface area contributed by atoms with Crippen molar-refractivity contribution in [2.75, 3.05) is 18.1 Å². The number of carbonyl (C=O) groups excluding carboxylic acids is 2. The van der Waals surface area contributed by atoms with Crippen molar-refractivity contribution in [1.29, 1.82) is 5.26 Å². The van der Waals surface area contributed by atoms with E-state index in [1.54, 1.807) is 18.2 Å². The molecular formula is C16H19N3O5S. The van der Waals surface area contributed by atoms with Gasteiger partial charge in [0.15, 0.2) is 6.10 Å². The van der Waals surface area contributed by atoms with Gasteiger partial charge in [-0.05, 0) is 38.0 Å². The van der Waals surface area contributed by atoms with Crippen molar-refractivity contribution in [3.05, 3.63) is 29.8 Å². The molecule has 8 nitrogen and oxygen atoms in total. The Morgan fingerprint density at radius 2 is 2.16 bits per heavy atom. The lowest BCUT2D eigenvalue weighted by Crippen LogP contribution is -2.43. The molecule has 0 spiro atoms. The first-order valence-electron chi connectivity index (χ1n) is 7.70. The Morgan fingerprint density at radius 3 is 2.80 bits per heavy atom. The normalized spacial score (nSPS) is 19.0. The monoisotopic (exact) mass is 365 g/mol. The molecule has 1 heterocycles. The largest absolute Gasteiger partial charge is 0.451 e. The van der Waals surface area contributed by atoms with Gasteiger partial charge in [0, 0.05) is 12.2 Å². The van der Waals surface area contributed by atoms with Crippen LogP contribution in [0.25, 0.3) is 0 Å².